The van der Waals surface area contributed by atoms with Crippen LogP contribution in [-0.2, 0) is 23.8 Å². The molecule has 0 saturated heterocycles. The predicted octanol–water partition coefficient (Wildman–Crippen LogP) is 4.41. The van der Waals surface area contributed by atoms with Crippen molar-refractivity contribution in [1.82, 2.24) is 4.98 Å². The number of aromatic nitrogens is 1. The van der Waals surface area contributed by atoms with Crippen LogP contribution in [0.3, 0.4) is 0 Å². The van der Waals surface area contributed by atoms with Crippen LogP contribution in [0.2, 0.25) is 0 Å². The van der Waals surface area contributed by atoms with Gasteiger partial charge in [0.1, 0.15) is 0 Å². The molecule has 1 aliphatic heterocycles. The van der Waals surface area contributed by atoms with E-state index in [4.69, 9.17) is 0 Å². The van der Waals surface area contributed by atoms with Crippen LogP contribution < -0.4 is 5.32 Å². The van der Waals surface area contributed by atoms with Crippen LogP contribution in [0.1, 0.15) is 40.8 Å². The lowest BCUT2D eigenvalue weighted by molar-refractivity contribution is -0.137. The van der Waals surface area contributed by atoms with E-state index in [1.165, 1.54) is 17.3 Å². The number of nitrogens with one attached hydrogen (secondary N) is 2. The van der Waals surface area contributed by atoms with E-state index in [0.717, 1.165) is 43.4 Å². The third kappa shape index (κ3) is 2.42. The standard InChI is InChI=1S/C18H15F3N2O/c19-18(20,21)11-5-6-13-14(17(24)23-16(13)8-11)7-10-9-22-15-4-2-1-3-12(10)15/h5-9,22H,1-4H2,(H,23,24). The van der Waals surface area contributed by atoms with Gasteiger partial charge in [-0.25, -0.2) is 0 Å². The first kappa shape index (κ1) is 15.1. The molecule has 0 unspecified atom stereocenters. The smallest absolute Gasteiger partial charge is 0.364 e. The molecular formula is C18H15F3N2O. The molecule has 0 saturated carbocycles. The maximum atomic E-state index is 12.8. The van der Waals surface area contributed by atoms with Crippen LogP contribution in [0, 0.1) is 0 Å². The summed E-state index contributed by atoms with van der Waals surface area (Å²) in [4.78, 5) is 15.5. The molecule has 3 nitrogen and oxygen atoms in total. The first-order valence-electron chi connectivity index (χ1n) is 7.87. The lowest BCUT2D eigenvalue weighted by atomic mass is 9.93. The third-order valence-electron chi connectivity index (χ3n) is 4.65. The fraction of sp³-hybridized carbons (Fsp3) is 0.278. The van der Waals surface area contributed by atoms with Gasteiger partial charge in [0, 0.05) is 28.7 Å². The summed E-state index contributed by atoms with van der Waals surface area (Å²) in [5.41, 5.74) is 3.72. The molecule has 1 aliphatic carbocycles. The Morgan fingerprint density at radius 2 is 1.92 bits per heavy atom. The highest BCUT2D eigenvalue weighted by Crippen LogP contribution is 2.39. The van der Waals surface area contributed by atoms with Gasteiger partial charge in [-0.15, -0.1) is 0 Å². The predicted molar refractivity (Wildman–Crippen MR) is 85.4 cm³/mol. The molecular weight excluding hydrogens is 317 g/mol. The number of aryl methyl sites for hydroxylation is 1. The first-order valence-corrected chi connectivity index (χ1v) is 7.87. The summed E-state index contributed by atoms with van der Waals surface area (Å²) in [6, 6.07) is 3.36. The lowest BCUT2D eigenvalue weighted by Gasteiger charge is -2.11. The number of carbonyl (C=O) groups excluding carboxylic acids is 1. The normalized spacial score (nSPS) is 18.5. The fourth-order valence-electron chi connectivity index (χ4n) is 3.43. The molecule has 4 rings (SSSR count). The van der Waals surface area contributed by atoms with Crippen LogP contribution in [0.25, 0.3) is 11.6 Å². The van der Waals surface area contributed by atoms with Crippen LogP contribution in [0.4, 0.5) is 18.9 Å². The Labute approximate surface area is 136 Å². The SMILES string of the molecule is O=C1Nc2cc(C(F)(F)F)ccc2C1=Cc1c[nH]c2c1CCCC2. The number of anilines is 1. The van der Waals surface area contributed by atoms with Crippen molar-refractivity contribution in [2.75, 3.05) is 5.32 Å². The number of aromatic amines is 1. The molecule has 1 amide bonds. The molecule has 0 bridgehead atoms. The number of amides is 1. The van der Waals surface area contributed by atoms with Crippen molar-refractivity contribution >= 4 is 23.2 Å². The number of H-pyrrole nitrogens is 1. The van der Waals surface area contributed by atoms with Gasteiger partial charge in [0.25, 0.3) is 5.91 Å². The van der Waals surface area contributed by atoms with E-state index < -0.39 is 11.7 Å². The Hall–Kier alpha value is -2.50. The Morgan fingerprint density at radius 1 is 1.12 bits per heavy atom. The summed E-state index contributed by atoms with van der Waals surface area (Å²) in [6.45, 7) is 0. The molecule has 2 aromatic rings. The van der Waals surface area contributed by atoms with Gasteiger partial charge >= 0.3 is 6.18 Å². The summed E-state index contributed by atoms with van der Waals surface area (Å²) in [7, 11) is 0. The molecule has 0 radical (unpaired) electrons. The Kier molecular flexibility index (Phi) is 3.30. The summed E-state index contributed by atoms with van der Waals surface area (Å²) >= 11 is 0. The molecule has 6 heteroatoms. The minimum Gasteiger partial charge on any atom is -0.364 e. The van der Waals surface area contributed by atoms with Gasteiger partial charge in [0.15, 0.2) is 0 Å². The largest absolute Gasteiger partial charge is 0.416 e. The zero-order chi connectivity index (χ0) is 16.9. The van der Waals surface area contributed by atoms with E-state index in [9.17, 15) is 18.0 Å². The van der Waals surface area contributed by atoms with E-state index in [1.54, 1.807) is 6.08 Å². The molecule has 2 heterocycles. The van der Waals surface area contributed by atoms with Gasteiger partial charge in [-0.1, -0.05) is 6.07 Å². The highest BCUT2D eigenvalue weighted by molar-refractivity contribution is 6.35. The van der Waals surface area contributed by atoms with Gasteiger partial charge in [0.05, 0.1) is 5.56 Å². The van der Waals surface area contributed by atoms with E-state index in [1.807, 2.05) is 6.20 Å². The molecule has 2 aliphatic rings. The van der Waals surface area contributed by atoms with Crippen molar-refractivity contribution in [3.8, 4) is 0 Å². The number of hydrogen-bond donors (Lipinski definition) is 2. The fourth-order valence-corrected chi connectivity index (χ4v) is 3.43. The van der Waals surface area contributed by atoms with E-state index >= 15 is 0 Å². The van der Waals surface area contributed by atoms with Gasteiger partial charge in [-0.3, -0.25) is 4.79 Å². The van der Waals surface area contributed by atoms with Gasteiger partial charge in [0.2, 0.25) is 0 Å². The van der Waals surface area contributed by atoms with E-state index in [-0.39, 0.29) is 11.6 Å². The van der Waals surface area contributed by atoms with Crippen LogP contribution in [0.15, 0.2) is 24.4 Å². The van der Waals surface area contributed by atoms with Crippen LogP contribution >= 0.6 is 0 Å². The number of hydrogen-bond acceptors (Lipinski definition) is 1. The summed E-state index contributed by atoms with van der Waals surface area (Å²) < 4.78 is 38.4. The average molecular weight is 332 g/mol. The van der Waals surface area contributed by atoms with Crippen molar-refractivity contribution in [3.05, 3.63) is 52.3 Å². The molecule has 0 fully saturated rings. The number of benzene rings is 1. The van der Waals surface area contributed by atoms with Crippen molar-refractivity contribution < 1.29 is 18.0 Å². The van der Waals surface area contributed by atoms with Gasteiger partial charge in [-0.2, -0.15) is 13.2 Å². The van der Waals surface area contributed by atoms with Gasteiger partial charge in [-0.05, 0) is 55.0 Å². The summed E-state index contributed by atoms with van der Waals surface area (Å²) in [5.74, 6) is -0.366. The molecule has 0 spiro atoms. The number of fused-ring (bicyclic) bond motifs is 2. The number of halogens is 3. The Balaban J connectivity index is 1.76. The minimum atomic E-state index is -4.42. The number of alkyl halides is 3. The Bertz CT molecular complexity index is 862. The second-order valence-corrected chi connectivity index (χ2v) is 6.18. The Morgan fingerprint density at radius 3 is 2.71 bits per heavy atom. The zero-order valence-corrected chi connectivity index (χ0v) is 12.8. The molecule has 0 atom stereocenters. The monoisotopic (exact) mass is 332 g/mol. The van der Waals surface area contributed by atoms with Crippen molar-refractivity contribution in [1.29, 1.82) is 0 Å². The summed E-state index contributed by atoms with van der Waals surface area (Å²) in [6.07, 6.45) is 3.43. The van der Waals surface area contributed by atoms with Crippen molar-refractivity contribution in [2.45, 2.75) is 31.9 Å². The highest BCUT2D eigenvalue weighted by atomic mass is 19.4. The second kappa shape index (κ2) is 5.26. The topological polar surface area (TPSA) is 44.9 Å². The van der Waals surface area contributed by atoms with Gasteiger partial charge < -0.3 is 10.3 Å². The molecule has 1 aromatic carbocycles. The van der Waals surface area contributed by atoms with E-state index in [0.29, 0.717) is 11.1 Å². The second-order valence-electron chi connectivity index (χ2n) is 6.18. The minimum absolute atomic E-state index is 0.213. The highest BCUT2D eigenvalue weighted by Gasteiger charge is 2.33. The quantitative estimate of drug-likeness (QED) is 0.747. The third-order valence-corrected chi connectivity index (χ3v) is 4.65. The number of carbonyl (C=O) groups is 1. The van der Waals surface area contributed by atoms with E-state index in [2.05, 4.69) is 10.3 Å². The summed E-state index contributed by atoms with van der Waals surface area (Å²) in [5, 5.41) is 2.54. The van der Waals surface area contributed by atoms with Crippen molar-refractivity contribution in [2.24, 2.45) is 0 Å². The maximum absolute atomic E-state index is 12.8. The molecule has 2 N–H and O–H groups in total. The van der Waals surface area contributed by atoms with Crippen molar-refractivity contribution in [3.63, 3.8) is 0 Å². The first-order chi connectivity index (χ1) is 11.4. The molecule has 124 valence electrons. The molecule has 1 aromatic heterocycles. The average Bonchev–Trinajstić information content (AvgIpc) is 3.08. The maximum Gasteiger partial charge on any atom is 0.416 e. The zero-order valence-electron chi connectivity index (χ0n) is 12.8. The van der Waals surface area contributed by atoms with Crippen LogP contribution in [-0.4, -0.2) is 10.9 Å². The number of rotatable bonds is 1. The van der Waals surface area contributed by atoms with Crippen LogP contribution in [0.5, 0.6) is 0 Å². The lowest BCUT2D eigenvalue weighted by Crippen LogP contribution is -2.06. The molecule has 24 heavy (non-hydrogen) atoms.